The molecule has 1 amide bonds. The van der Waals surface area contributed by atoms with E-state index in [9.17, 15) is 9.18 Å². The summed E-state index contributed by atoms with van der Waals surface area (Å²) in [6.07, 6.45) is 0.767. The molecule has 1 N–H and O–H groups in total. The fourth-order valence-corrected chi connectivity index (χ4v) is 4.16. The molecule has 0 spiro atoms. The van der Waals surface area contributed by atoms with E-state index in [4.69, 9.17) is 23.2 Å². The Morgan fingerprint density at radius 3 is 2.67 bits per heavy atom. The van der Waals surface area contributed by atoms with Crippen LogP contribution in [0.1, 0.15) is 6.42 Å². The molecule has 8 heteroatoms. The molecule has 1 aromatic carbocycles. The minimum Gasteiger partial charge on any atom is -0.309 e. The van der Waals surface area contributed by atoms with Gasteiger partial charge in [0, 0.05) is 11.8 Å². The minimum absolute atomic E-state index is 0.269. The second-order valence-corrected chi connectivity index (χ2v) is 7.28. The number of carbonyl (C=O) groups is 1. The molecule has 0 radical (unpaired) electrons. The molecular weight excluding hydrogens is 372 g/mol. The lowest BCUT2D eigenvalue weighted by atomic mass is 10.2. The number of amides is 1. The van der Waals surface area contributed by atoms with Crippen molar-refractivity contribution in [2.75, 3.05) is 5.32 Å². The summed E-state index contributed by atoms with van der Waals surface area (Å²) in [7, 11) is 0. The van der Waals surface area contributed by atoms with Gasteiger partial charge in [0.15, 0.2) is 5.82 Å². The van der Waals surface area contributed by atoms with Gasteiger partial charge in [-0.15, -0.1) is 11.3 Å². The van der Waals surface area contributed by atoms with Crippen LogP contribution in [-0.2, 0) is 4.79 Å². The standard InChI is InChI=1S/C16H10Cl2FN3OS/c17-8-2-1-3-9(18)12(8)16-21-11-4-5-20-14(13(11)24-16)22-15(23)7-6-10(7)19/h1-5,7,10H,6H2,(H,20,22,23)/t7-,10-/m1/s1. The highest BCUT2D eigenvalue weighted by atomic mass is 35.5. The van der Waals surface area contributed by atoms with Crippen LogP contribution in [0, 0.1) is 5.92 Å². The molecule has 4 rings (SSSR count). The summed E-state index contributed by atoms with van der Waals surface area (Å²) in [5.41, 5.74) is 1.31. The van der Waals surface area contributed by atoms with Crippen LogP contribution in [0.3, 0.4) is 0 Å². The molecule has 0 bridgehead atoms. The second kappa shape index (κ2) is 5.95. The van der Waals surface area contributed by atoms with Crippen molar-refractivity contribution >= 4 is 56.5 Å². The zero-order valence-corrected chi connectivity index (χ0v) is 14.4. The fourth-order valence-electron chi connectivity index (χ4n) is 2.40. The second-order valence-electron chi connectivity index (χ2n) is 5.47. The first-order chi connectivity index (χ1) is 11.5. The quantitative estimate of drug-likeness (QED) is 0.697. The maximum absolute atomic E-state index is 13.0. The van der Waals surface area contributed by atoms with Crippen molar-refractivity contribution in [2.45, 2.75) is 12.6 Å². The molecule has 0 saturated heterocycles. The zero-order chi connectivity index (χ0) is 16.8. The van der Waals surface area contributed by atoms with Gasteiger partial charge in [0.25, 0.3) is 0 Å². The van der Waals surface area contributed by atoms with E-state index in [1.165, 1.54) is 11.3 Å². The van der Waals surface area contributed by atoms with E-state index in [1.807, 2.05) is 0 Å². The first kappa shape index (κ1) is 15.7. The Balaban J connectivity index is 1.76. The Morgan fingerprint density at radius 1 is 1.29 bits per heavy atom. The molecule has 122 valence electrons. The van der Waals surface area contributed by atoms with Crippen LogP contribution < -0.4 is 5.32 Å². The number of hydrogen-bond donors (Lipinski definition) is 1. The maximum Gasteiger partial charge on any atom is 0.231 e. The number of alkyl halides is 1. The van der Waals surface area contributed by atoms with E-state index < -0.39 is 12.1 Å². The Bertz CT molecular complexity index is 941. The molecular formula is C16H10Cl2FN3OS. The van der Waals surface area contributed by atoms with Gasteiger partial charge in [0.05, 0.1) is 26.2 Å². The van der Waals surface area contributed by atoms with Crippen molar-refractivity contribution < 1.29 is 9.18 Å². The molecule has 1 aliphatic rings. The SMILES string of the molecule is O=C(Nc1nccc2nc(-c3c(Cl)cccc3Cl)sc12)[C@@H]1C[C@H]1F. The van der Waals surface area contributed by atoms with Crippen molar-refractivity contribution in [2.24, 2.45) is 5.92 Å². The van der Waals surface area contributed by atoms with Gasteiger partial charge in [-0.25, -0.2) is 14.4 Å². The van der Waals surface area contributed by atoms with Crippen LogP contribution >= 0.6 is 34.5 Å². The normalized spacial score (nSPS) is 19.5. The van der Waals surface area contributed by atoms with Crippen molar-refractivity contribution in [1.82, 2.24) is 9.97 Å². The molecule has 2 heterocycles. The monoisotopic (exact) mass is 381 g/mol. The molecule has 24 heavy (non-hydrogen) atoms. The molecule has 4 nitrogen and oxygen atoms in total. The molecule has 1 saturated carbocycles. The summed E-state index contributed by atoms with van der Waals surface area (Å²) in [6.45, 7) is 0. The first-order valence-electron chi connectivity index (χ1n) is 7.19. The molecule has 3 aromatic rings. The van der Waals surface area contributed by atoms with Crippen molar-refractivity contribution in [1.29, 1.82) is 0 Å². The summed E-state index contributed by atoms with van der Waals surface area (Å²) in [5.74, 6) is -0.552. The summed E-state index contributed by atoms with van der Waals surface area (Å²) < 4.78 is 13.7. The number of thiazole rings is 1. The van der Waals surface area contributed by atoms with Crippen LogP contribution in [-0.4, -0.2) is 22.0 Å². The van der Waals surface area contributed by atoms with Crippen molar-refractivity contribution in [3.63, 3.8) is 0 Å². The summed E-state index contributed by atoms with van der Waals surface area (Å²) in [4.78, 5) is 20.7. The van der Waals surface area contributed by atoms with Crippen LogP contribution in [0.4, 0.5) is 10.2 Å². The molecule has 1 fully saturated rings. The van der Waals surface area contributed by atoms with E-state index >= 15 is 0 Å². The first-order valence-corrected chi connectivity index (χ1v) is 8.76. The van der Waals surface area contributed by atoms with Gasteiger partial charge in [-0.2, -0.15) is 0 Å². The van der Waals surface area contributed by atoms with Crippen LogP contribution in [0.15, 0.2) is 30.5 Å². The topological polar surface area (TPSA) is 54.9 Å². The Morgan fingerprint density at radius 2 is 2.00 bits per heavy atom. The van der Waals surface area contributed by atoms with Gasteiger partial charge in [0.1, 0.15) is 11.2 Å². The van der Waals surface area contributed by atoms with Crippen molar-refractivity contribution in [3.05, 3.63) is 40.5 Å². The minimum atomic E-state index is -1.05. The lowest BCUT2D eigenvalue weighted by Crippen LogP contribution is -2.15. The Hall–Kier alpha value is -1.76. The summed E-state index contributed by atoms with van der Waals surface area (Å²) in [6, 6.07) is 6.98. The number of aromatic nitrogens is 2. The number of halogens is 3. The van der Waals surface area contributed by atoms with E-state index in [-0.39, 0.29) is 12.3 Å². The number of carbonyl (C=O) groups excluding carboxylic acids is 1. The van der Waals surface area contributed by atoms with Gasteiger partial charge in [-0.05, 0) is 24.6 Å². The highest BCUT2D eigenvalue weighted by Crippen LogP contribution is 2.41. The van der Waals surface area contributed by atoms with Gasteiger partial charge < -0.3 is 5.32 Å². The van der Waals surface area contributed by atoms with Gasteiger partial charge in [0.2, 0.25) is 5.91 Å². The molecule has 2 aromatic heterocycles. The number of hydrogen-bond acceptors (Lipinski definition) is 4. The van der Waals surface area contributed by atoms with Crippen molar-refractivity contribution in [3.8, 4) is 10.6 Å². The number of nitrogens with one attached hydrogen (secondary N) is 1. The van der Waals surface area contributed by atoms with Crippen LogP contribution in [0.5, 0.6) is 0 Å². The number of fused-ring (bicyclic) bond motifs is 1. The molecule has 1 aliphatic carbocycles. The van der Waals surface area contributed by atoms with Crippen LogP contribution in [0.2, 0.25) is 10.0 Å². The molecule has 0 unspecified atom stereocenters. The average molecular weight is 382 g/mol. The Kier molecular flexibility index (Phi) is 3.90. The average Bonchev–Trinajstić information content (AvgIpc) is 3.11. The summed E-state index contributed by atoms with van der Waals surface area (Å²) in [5, 5.41) is 4.32. The van der Waals surface area contributed by atoms with Gasteiger partial charge in [-0.1, -0.05) is 29.3 Å². The smallest absolute Gasteiger partial charge is 0.231 e. The Labute approximate surface area is 150 Å². The lowest BCUT2D eigenvalue weighted by molar-refractivity contribution is -0.117. The molecule has 0 aliphatic heterocycles. The van der Waals surface area contributed by atoms with E-state index in [2.05, 4.69) is 15.3 Å². The lowest BCUT2D eigenvalue weighted by Gasteiger charge is -2.03. The number of rotatable bonds is 3. The summed E-state index contributed by atoms with van der Waals surface area (Å²) >= 11 is 13.8. The third-order valence-corrected chi connectivity index (χ3v) is 5.50. The third-order valence-electron chi connectivity index (χ3n) is 3.77. The largest absolute Gasteiger partial charge is 0.309 e. The van der Waals surface area contributed by atoms with Gasteiger partial charge in [-0.3, -0.25) is 4.79 Å². The number of nitrogens with zero attached hydrogens (tertiary/aromatic N) is 2. The molecule has 2 atom stereocenters. The predicted octanol–water partition coefficient (Wildman–Crippen LogP) is 4.96. The number of anilines is 1. The zero-order valence-electron chi connectivity index (χ0n) is 12.1. The maximum atomic E-state index is 13.0. The highest BCUT2D eigenvalue weighted by Gasteiger charge is 2.43. The van der Waals surface area contributed by atoms with Crippen LogP contribution in [0.25, 0.3) is 20.8 Å². The fraction of sp³-hybridized carbons (Fsp3) is 0.188. The van der Waals surface area contributed by atoms with E-state index in [0.717, 1.165) is 0 Å². The highest BCUT2D eigenvalue weighted by molar-refractivity contribution is 7.22. The third kappa shape index (κ3) is 2.75. The van der Waals surface area contributed by atoms with E-state index in [0.29, 0.717) is 36.7 Å². The number of pyridine rings is 1. The van der Waals surface area contributed by atoms with E-state index in [1.54, 1.807) is 30.5 Å². The number of benzene rings is 1. The van der Waals surface area contributed by atoms with Gasteiger partial charge >= 0.3 is 0 Å². The predicted molar refractivity (Wildman–Crippen MR) is 94.5 cm³/mol.